The van der Waals surface area contributed by atoms with Gasteiger partial charge in [-0.25, -0.2) is 8.78 Å². The summed E-state index contributed by atoms with van der Waals surface area (Å²) in [5.41, 5.74) is 0. The number of alkyl halides is 4. The van der Waals surface area contributed by atoms with Crippen molar-refractivity contribution in [1.82, 2.24) is 4.90 Å². The molecule has 0 rings (SSSR count). The second-order valence-electron chi connectivity index (χ2n) is 2.53. The lowest BCUT2D eigenvalue weighted by Gasteiger charge is -2.24. The number of likely N-dealkylation sites (N-methyl/N-ethyl adjacent to an activating group) is 1. The standard InChI is InChI=1S/C7H11F4NO2/c1-2-12(3-4-13)6(14)7(10,11)5(8)9/h5,13H,2-4H2,1H3. The van der Waals surface area contributed by atoms with Gasteiger partial charge in [-0.1, -0.05) is 0 Å². The minimum atomic E-state index is -4.68. The van der Waals surface area contributed by atoms with Crippen LogP contribution in [-0.2, 0) is 4.79 Å². The molecule has 3 nitrogen and oxygen atoms in total. The summed E-state index contributed by atoms with van der Waals surface area (Å²) in [6.07, 6.45) is -4.03. The number of hydrogen-bond donors (Lipinski definition) is 1. The number of halogens is 4. The SMILES string of the molecule is CCN(CCO)C(=O)C(F)(F)C(F)F. The van der Waals surface area contributed by atoms with Gasteiger partial charge >= 0.3 is 12.3 Å². The summed E-state index contributed by atoms with van der Waals surface area (Å²) in [6.45, 7) is 0.285. The van der Waals surface area contributed by atoms with Gasteiger partial charge in [0.1, 0.15) is 0 Å². The van der Waals surface area contributed by atoms with Crippen LogP contribution in [-0.4, -0.2) is 48.0 Å². The number of aliphatic hydroxyl groups excluding tert-OH is 1. The van der Waals surface area contributed by atoms with Crippen molar-refractivity contribution in [1.29, 1.82) is 0 Å². The molecule has 0 saturated carbocycles. The Kier molecular flexibility index (Phi) is 4.82. The predicted octanol–water partition coefficient (Wildman–Crippen LogP) is 0.728. The van der Waals surface area contributed by atoms with Gasteiger partial charge in [-0.15, -0.1) is 0 Å². The topological polar surface area (TPSA) is 40.5 Å². The number of carbonyl (C=O) groups excluding carboxylic acids is 1. The minimum absolute atomic E-state index is 0.151. The number of carbonyl (C=O) groups is 1. The van der Waals surface area contributed by atoms with Crippen molar-refractivity contribution in [3.05, 3.63) is 0 Å². The molecule has 84 valence electrons. The van der Waals surface area contributed by atoms with Crippen LogP contribution in [0.5, 0.6) is 0 Å². The number of aliphatic hydroxyl groups is 1. The van der Waals surface area contributed by atoms with Gasteiger partial charge in [0.05, 0.1) is 6.61 Å². The van der Waals surface area contributed by atoms with Crippen molar-refractivity contribution in [3.8, 4) is 0 Å². The largest absolute Gasteiger partial charge is 0.395 e. The average molecular weight is 217 g/mol. The summed E-state index contributed by atoms with van der Waals surface area (Å²) in [5.74, 6) is -6.63. The number of rotatable bonds is 5. The van der Waals surface area contributed by atoms with Gasteiger partial charge in [0.25, 0.3) is 5.91 Å². The van der Waals surface area contributed by atoms with E-state index in [2.05, 4.69) is 0 Å². The summed E-state index contributed by atoms with van der Waals surface area (Å²) >= 11 is 0. The maximum Gasteiger partial charge on any atom is 0.383 e. The van der Waals surface area contributed by atoms with Gasteiger partial charge in [-0.2, -0.15) is 8.78 Å². The van der Waals surface area contributed by atoms with E-state index < -0.39 is 24.9 Å². The smallest absolute Gasteiger partial charge is 0.383 e. The highest BCUT2D eigenvalue weighted by atomic mass is 19.3. The summed E-state index contributed by atoms with van der Waals surface area (Å²) in [7, 11) is 0. The van der Waals surface area contributed by atoms with Crippen LogP contribution in [0.4, 0.5) is 17.6 Å². The quantitative estimate of drug-likeness (QED) is 0.689. The fourth-order valence-corrected chi connectivity index (χ4v) is 0.828. The van der Waals surface area contributed by atoms with E-state index in [9.17, 15) is 22.4 Å². The van der Waals surface area contributed by atoms with Crippen molar-refractivity contribution >= 4 is 5.91 Å². The van der Waals surface area contributed by atoms with E-state index in [1.54, 1.807) is 0 Å². The van der Waals surface area contributed by atoms with Crippen LogP contribution in [0.1, 0.15) is 6.92 Å². The Hall–Kier alpha value is -0.850. The van der Waals surface area contributed by atoms with Crippen LogP contribution in [0.3, 0.4) is 0 Å². The van der Waals surface area contributed by atoms with Crippen LogP contribution >= 0.6 is 0 Å². The van der Waals surface area contributed by atoms with Crippen molar-refractivity contribution < 1.29 is 27.5 Å². The lowest BCUT2D eigenvalue weighted by atomic mass is 10.3. The molecule has 0 aliphatic rings. The maximum atomic E-state index is 12.5. The van der Waals surface area contributed by atoms with E-state index in [-0.39, 0.29) is 13.1 Å². The monoisotopic (exact) mass is 217 g/mol. The lowest BCUT2D eigenvalue weighted by Crippen LogP contribution is -2.48. The van der Waals surface area contributed by atoms with E-state index >= 15 is 0 Å². The van der Waals surface area contributed by atoms with Gasteiger partial charge in [0, 0.05) is 13.1 Å². The first kappa shape index (κ1) is 13.2. The Morgan fingerprint density at radius 1 is 1.50 bits per heavy atom. The van der Waals surface area contributed by atoms with Gasteiger partial charge in [0.15, 0.2) is 0 Å². The highest BCUT2D eigenvalue weighted by Gasteiger charge is 2.50. The van der Waals surface area contributed by atoms with Crippen LogP contribution in [0.25, 0.3) is 0 Å². The zero-order chi connectivity index (χ0) is 11.4. The molecule has 0 aliphatic carbocycles. The molecule has 14 heavy (non-hydrogen) atoms. The van der Waals surface area contributed by atoms with Crippen LogP contribution in [0, 0.1) is 0 Å². The number of amides is 1. The highest BCUT2D eigenvalue weighted by Crippen LogP contribution is 2.25. The molecule has 0 unspecified atom stereocenters. The molecule has 0 fully saturated rings. The number of nitrogens with zero attached hydrogens (tertiary/aromatic N) is 1. The Morgan fingerprint density at radius 3 is 2.29 bits per heavy atom. The van der Waals surface area contributed by atoms with Gasteiger partial charge < -0.3 is 10.0 Å². The molecule has 1 N–H and O–H groups in total. The molecule has 0 spiro atoms. The zero-order valence-electron chi connectivity index (χ0n) is 7.51. The van der Waals surface area contributed by atoms with E-state index in [1.165, 1.54) is 6.92 Å². The lowest BCUT2D eigenvalue weighted by molar-refractivity contribution is -0.180. The molecular formula is C7H11F4NO2. The zero-order valence-corrected chi connectivity index (χ0v) is 7.51. The van der Waals surface area contributed by atoms with Gasteiger partial charge in [-0.3, -0.25) is 4.79 Å². The first-order chi connectivity index (χ1) is 6.37. The first-order valence-corrected chi connectivity index (χ1v) is 3.94. The van der Waals surface area contributed by atoms with Crippen LogP contribution in [0.15, 0.2) is 0 Å². The van der Waals surface area contributed by atoms with Crippen molar-refractivity contribution in [2.45, 2.75) is 19.3 Å². The molecule has 0 aliphatic heterocycles. The fourth-order valence-electron chi connectivity index (χ4n) is 0.828. The second kappa shape index (κ2) is 5.14. The van der Waals surface area contributed by atoms with Crippen molar-refractivity contribution in [3.63, 3.8) is 0 Å². The minimum Gasteiger partial charge on any atom is -0.395 e. The average Bonchev–Trinajstić information content (AvgIpc) is 2.12. The molecule has 0 radical (unpaired) electrons. The number of hydrogen-bond acceptors (Lipinski definition) is 2. The van der Waals surface area contributed by atoms with E-state index in [0.717, 1.165) is 0 Å². The predicted molar refractivity (Wildman–Crippen MR) is 40.3 cm³/mol. The summed E-state index contributed by atoms with van der Waals surface area (Å²) in [6, 6.07) is 0. The van der Waals surface area contributed by atoms with E-state index in [1.807, 2.05) is 0 Å². The van der Waals surface area contributed by atoms with Crippen molar-refractivity contribution in [2.24, 2.45) is 0 Å². The van der Waals surface area contributed by atoms with Crippen LogP contribution in [0.2, 0.25) is 0 Å². The van der Waals surface area contributed by atoms with E-state index in [4.69, 9.17) is 5.11 Å². The fraction of sp³-hybridized carbons (Fsp3) is 0.857. The second-order valence-corrected chi connectivity index (χ2v) is 2.53. The first-order valence-electron chi connectivity index (χ1n) is 3.94. The Bertz CT molecular complexity index is 198. The molecule has 0 heterocycles. The molecule has 0 aromatic rings. The van der Waals surface area contributed by atoms with E-state index in [0.29, 0.717) is 4.90 Å². The molecule has 7 heteroatoms. The maximum absolute atomic E-state index is 12.5. The third kappa shape index (κ3) is 2.83. The third-order valence-corrected chi connectivity index (χ3v) is 1.60. The molecular weight excluding hydrogens is 206 g/mol. The normalized spacial score (nSPS) is 11.9. The molecule has 0 aromatic carbocycles. The van der Waals surface area contributed by atoms with Gasteiger partial charge in [-0.05, 0) is 6.92 Å². The highest BCUT2D eigenvalue weighted by molar-refractivity contribution is 5.83. The Labute approximate surface area is 78.3 Å². The Balaban J connectivity index is 4.56. The molecule has 0 bridgehead atoms. The molecule has 0 atom stereocenters. The summed E-state index contributed by atoms with van der Waals surface area (Å²) < 4.78 is 48.4. The summed E-state index contributed by atoms with van der Waals surface area (Å²) in [4.78, 5) is 11.3. The Morgan fingerprint density at radius 2 is 2.00 bits per heavy atom. The third-order valence-electron chi connectivity index (χ3n) is 1.60. The molecule has 0 aromatic heterocycles. The molecule has 0 saturated heterocycles. The molecule has 1 amide bonds. The van der Waals surface area contributed by atoms with Crippen molar-refractivity contribution in [2.75, 3.05) is 19.7 Å². The van der Waals surface area contributed by atoms with Crippen LogP contribution < -0.4 is 0 Å². The van der Waals surface area contributed by atoms with Gasteiger partial charge in [0.2, 0.25) is 0 Å². The summed E-state index contributed by atoms with van der Waals surface area (Å²) in [5, 5.41) is 8.39.